The molecular formula is C26H42N2O4Si. The summed E-state index contributed by atoms with van der Waals surface area (Å²) in [7, 11) is -2.18. The Morgan fingerprint density at radius 1 is 1.21 bits per heavy atom. The van der Waals surface area contributed by atoms with E-state index in [2.05, 4.69) is 40.4 Å². The molecule has 0 aliphatic carbocycles. The van der Waals surface area contributed by atoms with Crippen molar-refractivity contribution in [2.24, 2.45) is 0 Å². The summed E-state index contributed by atoms with van der Waals surface area (Å²) in [4.78, 5) is 30.4. The van der Waals surface area contributed by atoms with Crippen LogP contribution in [-0.4, -0.2) is 56.1 Å². The predicted octanol–water partition coefficient (Wildman–Crippen LogP) is 5.91. The van der Waals surface area contributed by atoms with E-state index in [1.165, 1.54) is 0 Å². The van der Waals surface area contributed by atoms with Gasteiger partial charge >= 0.3 is 6.09 Å². The van der Waals surface area contributed by atoms with E-state index in [4.69, 9.17) is 9.16 Å². The molecular weight excluding hydrogens is 432 g/mol. The maximum absolute atomic E-state index is 14.0. The molecule has 1 aliphatic rings. The molecule has 1 fully saturated rings. The van der Waals surface area contributed by atoms with Crippen LogP contribution in [0.15, 0.2) is 36.9 Å². The van der Waals surface area contributed by atoms with Gasteiger partial charge in [0.25, 0.3) is 5.91 Å². The van der Waals surface area contributed by atoms with Crippen LogP contribution in [0.25, 0.3) is 0 Å². The number of rotatable bonds is 6. The highest BCUT2D eigenvalue weighted by atomic mass is 28.4. The van der Waals surface area contributed by atoms with Crippen LogP contribution in [0.3, 0.4) is 0 Å². The number of likely N-dealkylation sites (tertiary alicyclic amines) is 1. The first-order valence-electron chi connectivity index (χ1n) is 11.7. The van der Waals surface area contributed by atoms with Crippen LogP contribution in [0.5, 0.6) is 0 Å². The molecule has 0 unspecified atom stereocenters. The van der Waals surface area contributed by atoms with Gasteiger partial charge in [-0.05, 0) is 69.9 Å². The number of hydrogen-bond acceptors (Lipinski definition) is 4. The van der Waals surface area contributed by atoms with Gasteiger partial charge < -0.3 is 14.1 Å². The van der Waals surface area contributed by atoms with E-state index in [-0.39, 0.29) is 17.0 Å². The van der Waals surface area contributed by atoms with E-state index >= 15 is 0 Å². The van der Waals surface area contributed by atoms with E-state index in [1.54, 1.807) is 15.9 Å². The second kappa shape index (κ2) is 10.0. The number of ether oxygens (including phenoxy) is 1. The Hall–Kier alpha value is -2.12. The largest absolute Gasteiger partial charge is 0.444 e. The van der Waals surface area contributed by atoms with Crippen LogP contribution in [0.2, 0.25) is 18.1 Å². The van der Waals surface area contributed by atoms with Crippen LogP contribution in [0.1, 0.15) is 53.5 Å². The third kappa shape index (κ3) is 6.70. The molecule has 1 aromatic rings. The molecule has 0 spiro atoms. The third-order valence-corrected chi connectivity index (χ3v) is 10.9. The van der Waals surface area contributed by atoms with Crippen molar-refractivity contribution in [3.63, 3.8) is 0 Å². The van der Waals surface area contributed by atoms with E-state index in [0.717, 1.165) is 11.3 Å². The van der Waals surface area contributed by atoms with Gasteiger partial charge in [-0.3, -0.25) is 9.69 Å². The number of amides is 2. The van der Waals surface area contributed by atoms with E-state index in [1.807, 2.05) is 52.0 Å². The first-order valence-corrected chi connectivity index (χ1v) is 14.6. The van der Waals surface area contributed by atoms with Gasteiger partial charge in [-0.2, -0.15) is 0 Å². The molecule has 0 aromatic heterocycles. The zero-order chi connectivity index (χ0) is 25.2. The maximum Gasteiger partial charge on any atom is 0.411 e. The molecule has 0 N–H and O–H groups in total. The molecule has 184 valence electrons. The fraction of sp³-hybridized carbons (Fsp3) is 0.615. The summed E-state index contributed by atoms with van der Waals surface area (Å²) in [5, 5.41) is -0.0166. The number of nitrogens with zero attached hydrogens (tertiary/aromatic N) is 2. The smallest absolute Gasteiger partial charge is 0.411 e. The lowest BCUT2D eigenvalue weighted by Crippen LogP contribution is -2.56. The third-order valence-electron chi connectivity index (χ3n) is 6.37. The Balaban J connectivity index is 2.47. The van der Waals surface area contributed by atoms with Gasteiger partial charge in [0, 0.05) is 18.8 Å². The summed E-state index contributed by atoms with van der Waals surface area (Å²) in [6.45, 7) is 23.0. The van der Waals surface area contributed by atoms with Crippen LogP contribution in [0, 0.1) is 6.92 Å². The molecule has 2 atom stereocenters. The summed E-state index contributed by atoms with van der Waals surface area (Å²) < 4.78 is 12.4. The molecule has 0 saturated carbocycles. The molecule has 1 heterocycles. The molecule has 1 aliphatic heterocycles. The number of carbonyl (C=O) groups excluding carboxylic acids is 2. The maximum atomic E-state index is 14.0. The van der Waals surface area contributed by atoms with Crippen molar-refractivity contribution >= 4 is 26.0 Å². The topological polar surface area (TPSA) is 59.1 Å². The van der Waals surface area contributed by atoms with Crippen molar-refractivity contribution in [3.8, 4) is 0 Å². The Morgan fingerprint density at radius 3 is 2.36 bits per heavy atom. The minimum absolute atomic E-state index is 0.0166. The van der Waals surface area contributed by atoms with Crippen molar-refractivity contribution in [2.45, 2.75) is 90.8 Å². The summed E-state index contributed by atoms with van der Waals surface area (Å²) >= 11 is 0. The Kier molecular flexibility index (Phi) is 8.23. The lowest BCUT2D eigenvalue weighted by atomic mass is 10.1. The quantitative estimate of drug-likeness (QED) is 0.380. The van der Waals surface area contributed by atoms with Crippen molar-refractivity contribution < 1.29 is 18.8 Å². The number of carbonyl (C=O) groups is 2. The summed E-state index contributed by atoms with van der Waals surface area (Å²) in [5.74, 6) is -0.174. The molecule has 2 rings (SSSR count). The van der Waals surface area contributed by atoms with E-state index in [9.17, 15) is 9.59 Å². The van der Waals surface area contributed by atoms with Gasteiger partial charge in [0.15, 0.2) is 8.32 Å². The highest BCUT2D eigenvalue weighted by Gasteiger charge is 2.49. The number of benzene rings is 1. The first kappa shape index (κ1) is 27.1. The zero-order valence-corrected chi connectivity index (χ0v) is 22.9. The Bertz CT molecular complexity index is 870. The second-order valence-electron chi connectivity index (χ2n) is 11.4. The Morgan fingerprint density at radius 2 is 1.85 bits per heavy atom. The number of anilines is 1. The summed E-state index contributed by atoms with van der Waals surface area (Å²) in [6.07, 6.45) is 1.43. The molecule has 1 aromatic carbocycles. The zero-order valence-electron chi connectivity index (χ0n) is 21.9. The Labute approximate surface area is 201 Å². The highest BCUT2D eigenvalue weighted by molar-refractivity contribution is 6.74. The minimum atomic E-state index is -2.18. The number of hydrogen-bond donors (Lipinski definition) is 0. The van der Waals surface area contributed by atoms with Gasteiger partial charge in [0.2, 0.25) is 0 Å². The molecule has 2 amide bonds. The summed E-state index contributed by atoms with van der Waals surface area (Å²) in [6, 6.07) is 7.04. The van der Waals surface area contributed by atoms with Gasteiger partial charge in [-0.1, -0.05) is 39.0 Å². The SMILES string of the molecule is C=CCN(C(=O)[C@@H]1[C@@H](O[Si](C)(C)C(C)(C)C)CCN1C(=O)OC(C)(C)C)c1cccc(C)c1. The molecule has 1 saturated heterocycles. The van der Waals surface area contributed by atoms with Crippen LogP contribution < -0.4 is 4.90 Å². The first-order chi connectivity index (χ1) is 15.1. The number of aryl methyl sites for hydroxylation is 1. The van der Waals surface area contributed by atoms with Gasteiger partial charge in [-0.15, -0.1) is 6.58 Å². The van der Waals surface area contributed by atoms with Crippen molar-refractivity contribution in [3.05, 3.63) is 42.5 Å². The van der Waals surface area contributed by atoms with Gasteiger partial charge in [0.1, 0.15) is 11.6 Å². The standard InChI is InChI=1S/C26H42N2O4Si/c1-11-16-27(20-14-12-13-19(2)18-20)23(29)22-21(32-33(9,10)26(6,7)8)15-17-28(22)24(30)31-25(3,4)5/h11-14,18,21-22H,1,15-17H2,2-10H3/t21-,22-/m0/s1. The van der Waals surface area contributed by atoms with E-state index < -0.39 is 26.1 Å². The highest BCUT2D eigenvalue weighted by Crippen LogP contribution is 2.40. The summed E-state index contributed by atoms with van der Waals surface area (Å²) in [5.41, 5.74) is 1.18. The predicted molar refractivity (Wildman–Crippen MR) is 137 cm³/mol. The van der Waals surface area contributed by atoms with Crippen LogP contribution in [-0.2, 0) is 14.0 Å². The average Bonchev–Trinajstić information content (AvgIpc) is 3.06. The normalized spacial score (nSPS) is 19.4. The van der Waals surface area contributed by atoms with Crippen LogP contribution in [0.4, 0.5) is 10.5 Å². The monoisotopic (exact) mass is 474 g/mol. The second-order valence-corrected chi connectivity index (χ2v) is 16.2. The van der Waals surface area contributed by atoms with Gasteiger partial charge in [0.05, 0.1) is 6.10 Å². The fourth-order valence-corrected chi connectivity index (χ4v) is 5.02. The van der Waals surface area contributed by atoms with Gasteiger partial charge in [-0.25, -0.2) is 4.79 Å². The average molecular weight is 475 g/mol. The molecule has 0 bridgehead atoms. The van der Waals surface area contributed by atoms with Crippen molar-refractivity contribution in [1.82, 2.24) is 4.90 Å². The fourth-order valence-electron chi connectivity index (χ4n) is 3.67. The lowest BCUT2D eigenvalue weighted by Gasteiger charge is -2.41. The molecule has 6 nitrogen and oxygen atoms in total. The molecule has 33 heavy (non-hydrogen) atoms. The van der Waals surface area contributed by atoms with E-state index in [0.29, 0.717) is 19.5 Å². The molecule has 0 radical (unpaired) electrons. The lowest BCUT2D eigenvalue weighted by molar-refractivity contribution is -0.125. The molecule has 7 heteroatoms. The van der Waals surface area contributed by atoms with Crippen LogP contribution >= 0.6 is 0 Å². The minimum Gasteiger partial charge on any atom is -0.444 e. The van der Waals surface area contributed by atoms with Crippen molar-refractivity contribution in [1.29, 1.82) is 0 Å². The van der Waals surface area contributed by atoms with Crippen molar-refractivity contribution in [2.75, 3.05) is 18.0 Å².